The molecule has 0 fully saturated rings. The van der Waals surface area contributed by atoms with Crippen LogP contribution in [-0.2, 0) is 6.54 Å². The number of amides is 1. The molecule has 0 saturated carbocycles. The van der Waals surface area contributed by atoms with Gasteiger partial charge in [0, 0.05) is 29.8 Å². The fraction of sp³-hybridized carbons (Fsp3) is 0.150. The van der Waals surface area contributed by atoms with Crippen molar-refractivity contribution in [2.24, 2.45) is 0 Å². The fourth-order valence-corrected chi connectivity index (χ4v) is 2.67. The molecule has 3 aromatic rings. The smallest absolute Gasteiger partial charge is 0.269 e. The Morgan fingerprint density at radius 3 is 2.68 bits per heavy atom. The van der Waals surface area contributed by atoms with Crippen LogP contribution in [-0.4, -0.2) is 32.4 Å². The lowest BCUT2D eigenvalue weighted by Crippen LogP contribution is -2.30. The first kappa shape index (κ1) is 19.0. The molecular weight excluding hydrogens is 360 g/mol. The first-order valence-electron chi connectivity index (χ1n) is 8.52. The third-order valence-electron chi connectivity index (χ3n) is 4.03. The lowest BCUT2D eigenvalue weighted by molar-refractivity contribution is -0.384. The van der Waals surface area contributed by atoms with E-state index in [0.717, 1.165) is 11.1 Å². The molecule has 0 N–H and O–H groups in total. The average molecular weight is 378 g/mol. The van der Waals surface area contributed by atoms with E-state index in [2.05, 4.69) is 16.7 Å². The summed E-state index contributed by atoms with van der Waals surface area (Å²) >= 11 is 0. The van der Waals surface area contributed by atoms with Crippen LogP contribution in [0.2, 0.25) is 0 Å². The van der Waals surface area contributed by atoms with Crippen LogP contribution in [0.1, 0.15) is 21.8 Å². The predicted molar refractivity (Wildman–Crippen MR) is 103 cm³/mol. The van der Waals surface area contributed by atoms with E-state index in [1.165, 1.54) is 29.2 Å². The quantitative estimate of drug-likeness (QED) is 0.352. The summed E-state index contributed by atoms with van der Waals surface area (Å²) in [4.78, 5) is 28.9. The van der Waals surface area contributed by atoms with Crippen molar-refractivity contribution < 1.29 is 14.2 Å². The maximum atomic E-state index is 12.8. The maximum absolute atomic E-state index is 12.8. The van der Waals surface area contributed by atoms with E-state index in [1.807, 2.05) is 31.2 Å². The molecule has 1 heterocycles. The topological polar surface area (TPSA) is 102 Å². The van der Waals surface area contributed by atoms with E-state index in [4.69, 9.17) is 4.52 Å². The molecule has 0 spiro atoms. The van der Waals surface area contributed by atoms with Crippen LogP contribution in [0.15, 0.2) is 65.7 Å². The Hall–Kier alpha value is -3.81. The maximum Gasteiger partial charge on any atom is 0.269 e. The molecule has 1 aromatic heterocycles. The van der Waals surface area contributed by atoms with E-state index < -0.39 is 4.92 Å². The minimum absolute atomic E-state index is 0.0773. The van der Waals surface area contributed by atoms with Crippen molar-refractivity contribution >= 4 is 11.6 Å². The molecule has 0 radical (unpaired) electrons. The molecule has 0 aliphatic rings. The van der Waals surface area contributed by atoms with Gasteiger partial charge in [0.05, 0.1) is 4.92 Å². The lowest BCUT2D eigenvalue weighted by Gasteiger charge is -2.19. The minimum atomic E-state index is -0.513. The first-order valence-corrected chi connectivity index (χ1v) is 8.52. The molecule has 0 unspecified atom stereocenters. The zero-order valence-electron chi connectivity index (χ0n) is 15.2. The molecule has 3 rings (SSSR count). The number of non-ortho nitro benzene ring substituents is 1. The van der Waals surface area contributed by atoms with Gasteiger partial charge in [0.15, 0.2) is 0 Å². The number of nitro groups is 1. The Labute approximate surface area is 161 Å². The monoisotopic (exact) mass is 378 g/mol. The third kappa shape index (κ3) is 4.29. The van der Waals surface area contributed by atoms with Crippen molar-refractivity contribution in [3.8, 4) is 11.4 Å². The summed E-state index contributed by atoms with van der Waals surface area (Å²) in [6, 6.07) is 13.1. The van der Waals surface area contributed by atoms with E-state index >= 15 is 0 Å². The van der Waals surface area contributed by atoms with Gasteiger partial charge in [-0.15, -0.1) is 6.58 Å². The molecule has 0 saturated heterocycles. The van der Waals surface area contributed by atoms with Crippen LogP contribution >= 0.6 is 0 Å². The Kier molecular flexibility index (Phi) is 5.59. The lowest BCUT2D eigenvalue weighted by atomic mass is 10.1. The van der Waals surface area contributed by atoms with Gasteiger partial charge in [0.1, 0.15) is 6.54 Å². The van der Waals surface area contributed by atoms with E-state index in [-0.39, 0.29) is 30.6 Å². The zero-order valence-corrected chi connectivity index (χ0v) is 15.2. The normalized spacial score (nSPS) is 10.5. The molecule has 0 aliphatic heterocycles. The van der Waals surface area contributed by atoms with Gasteiger partial charge in [0.25, 0.3) is 11.6 Å². The summed E-state index contributed by atoms with van der Waals surface area (Å²) in [5.74, 6) is 0.416. The van der Waals surface area contributed by atoms with E-state index in [9.17, 15) is 14.9 Å². The molecule has 2 aromatic carbocycles. The number of rotatable bonds is 7. The number of nitrogens with zero attached hydrogens (tertiary/aromatic N) is 4. The van der Waals surface area contributed by atoms with Crippen molar-refractivity contribution in [3.63, 3.8) is 0 Å². The van der Waals surface area contributed by atoms with Crippen molar-refractivity contribution in [2.75, 3.05) is 6.54 Å². The molecular formula is C20H18N4O4. The number of carbonyl (C=O) groups excluding carboxylic acids is 1. The third-order valence-corrected chi connectivity index (χ3v) is 4.03. The van der Waals surface area contributed by atoms with Crippen molar-refractivity contribution in [1.29, 1.82) is 0 Å². The summed E-state index contributed by atoms with van der Waals surface area (Å²) in [6.45, 7) is 6.00. The SMILES string of the molecule is C=CCN(Cc1nc(-c2cccc(C)c2)no1)C(=O)c1ccc([N+](=O)[O-])cc1. The highest BCUT2D eigenvalue weighted by Crippen LogP contribution is 2.19. The zero-order chi connectivity index (χ0) is 20.1. The van der Waals surface area contributed by atoms with Crippen LogP contribution in [0.5, 0.6) is 0 Å². The second-order valence-corrected chi connectivity index (χ2v) is 6.16. The van der Waals surface area contributed by atoms with Gasteiger partial charge in [-0.05, 0) is 25.1 Å². The predicted octanol–water partition coefficient (Wildman–Crippen LogP) is 3.78. The average Bonchev–Trinajstić information content (AvgIpc) is 3.16. The molecule has 142 valence electrons. The molecule has 0 aliphatic carbocycles. The largest absolute Gasteiger partial charge is 0.337 e. The van der Waals surface area contributed by atoms with Gasteiger partial charge in [-0.1, -0.05) is 35.0 Å². The Balaban J connectivity index is 1.78. The van der Waals surface area contributed by atoms with Crippen molar-refractivity contribution in [1.82, 2.24) is 15.0 Å². The van der Waals surface area contributed by atoms with Crippen molar-refractivity contribution in [2.45, 2.75) is 13.5 Å². The van der Waals surface area contributed by atoms with Crippen LogP contribution in [0.25, 0.3) is 11.4 Å². The number of aromatic nitrogens is 2. The number of benzene rings is 2. The van der Waals surface area contributed by atoms with Crippen LogP contribution in [0, 0.1) is 17.0 Å². The number of aryl methyl sites for hydroxylation is 1. The highest BCUT2D eigenvalue weighted by atomic mass is 16.6. The van der Waals surface area contributed by atoms with Gasteiger partial charge in [-0.25, -0.2) is 0 Å². The Morgan fingerprint density at radius 2 is 2.04 bits per heavy atom. The molecule has 8 nitrogen and oxygen atoms in total. The first-order chi connectivity index (χ1) is 13.5. The molecule has 28 heavy (non-hydrogen) atoms. The van der Waals surface area contributed by atoms with Gasteiger partial charge in [-0.2, -0.15) is 4.98 Å². The molecule has 0 bridgehead atoms. The number of nitro benzene ring substituents is 1. The highest BCUT2D eigenvalue weighted by Gasteiger charge is 2.19. The van der Waals surface area contributed by atoms with E-state index in [1.54, 1.807) is 6.08 Å². The van der Waals surface area contributed by atoms with Gasteiger partial charge in [-0.3, -0.25) is 14.9 Å². The van der Waals surface area contributed by atoms with Gasteiger partial charge < -0.3 is 9.42 Å². The fourth-order valence-electron chi connectivity index (χ4n) is 2.67. The highest BCUT2D eigenvalue weighted by molar-refractivity contribution is 5.94. The van der Waals surface area contributed by atoms with Gasteiger partial charge in [0.2, 0.25) is 11.7 Å². The number of hydrogen-bond acceptors (Lipinski definition) is 6. The van der Waals surface area contributed by atoms with Gasteiger partial charge >= 0.3 is 0 Å². The summed E-state index contributed by atoms with van der Waals surface area (Å²) in [5.41, 5.74) is 2.15. The minimum Gasteiger partial charge on any atom is -0.337 e. The molecule has 1 amide bonds. The Morgan fingerprint density at radius 1 is 1.29 bits per heavy atom. The summed E-state index contributed by atoms with van der Waals surface area (Å²) in [5, 5.41) is 14.7. The summed E-state index contributed by atoms with van der Waals surface area (Å²) < 4.78 is 5.29. The second-order valence-electron chi connectivity index (χ2n) is 6.16. The standard InChI is InChI=1S/C20H18N4O4/c1-3-11-23(20(25)15-7-9-17(10-8-15)24(26)27)13-18-21-19(22-28-18)16-6-4-5-14(2)12-16/h3-10,12H,1,11,13H2,2H3. The van der Waals surface area contributed by atoms with Crippen LogP contribution < -0.4 is 0 Å². The molecule has 0 atom stereocenters. The summed E-state index contributed by atoms with van der Waals surface area (Å²) in [6.07, 6.45) is 1.58. The second kappa shape index (κ2) is 8.26. The number of carbonyl (C=O) groups is 1. The van der Waals surface area contributed by atoms with Crippen LogP contribution in [0.3, 0.4) is 0 Å². The van der Waals surface area contributed by atoms with Crippen molar-refractivity contribution in [3.05, 3.63) is 88.3 Å². The summed E-state index contributed by atoms with van der Waals surface area (Å²) in [7, 11) is 0. The van der Waals surface area contributed by atoms with E-state index in [0.29, 0.717) is 11.4 Å². The Bertz CT molecular complexity index is 1010. The number of hydrogen-bond donors (Lipinski definition) is 0. The molecule has 8 heteroatoms. The van der Waals surface area contributed by atoms with Crippen LogP contribution in [0.4, 0.5) is 5.69 Å².